The lowest BCUT2D eigenvalue weighted by Crippen LogP contribution is -2.23. The second-order valence-corrected chi connectivity index (χ2v) is 7.98. The predicted molar refractivity (Wildman–Crippen MR) is 115 cm³/mol. The minimum atomic E-state index is -0.223. The van der Waals surface area contributed by atoms with Gasteiger partial charge < -0.3 is 9.88 Å². The average Bonchev–Trinajstić information content (AvgIpc) is 3.41. The fourth-order valence-electron chi connectivity index (χ4n) is 4.12. The number of nitrogens with zero attached hydrogens (tertiary/aromatic N) is 4. The molecule has 2 unspecified atom stereocenters. The van der Waals surface area contributed by atoms with Crippen molar-refractivity contribution < 1.29 is 4.79 Å². The number of benzene rings is 1. The molecule has 2 atom stereocenters. The number of rotatable bonds is 7. The van der Waals surface area contributed by atoms with Gasteiger partial charge >= 0.3 is 0 Å². The molecule has 6 nitrogen and oxygen atoms in total. The van der Waals surface area contributed by atoms with E-state index in [4.69, 9.17) is 16.9 Å². The Balaban J connectivity index is 1.53. The molecule has 1 aliphatic rings. The molecule has 0 aliphatic heterocycles. The lowest BCUT2D eigenvalue weighted by atomic mass is 9.89. The summed E-state index contributed by atoms with van der Waals surface area (Å²) in [6, 6.07) is 15.5. The van der Waals surface area contributed by atoms with Crippen LogP contribution in [0, 0.1) is 17.2 Å². The van der Waals surface area contributed by atoms with E-state index in [9.17, 15) is 4.79 Å². The standard InChI is InChI=1S/C23H22ClN5O/c1-2-21-27-19(24)15-29(21)11-10-23(17-6-4-3-5-7-17)12-18(23)22(30)28-20-9-8-16(13-25)14-26-20/h3-9,14-15,18H,2,10-12H2,1H3,(H,26,28,30). The highest BCUT2D eigenvalue weighted by atomic mass is 35.5. The number of pyridine rings is 1. The van der Waals surface area contributed by atoms with Gasteiger partial charge in [0.1, 0.15) is 22.9 Å². The van der Waals surface area contributed by atoms with Gasteiger partial charge in [-0.1, -0.05) is 48.9 Å². The first kappa shape index (κ1) is 20.1. The maximum absolute atomic E-state index is 13.0. The van der Waals surface area contributed by atoms with Crippen molar-refractivity contribution in [3.8, 4) is 6.07 Å². The van der Waals surface area contributed by atoms with E-state index in [1.54, 1.807) is 12.1 Å². The Morgan fingerprint density at radius 3 is 2.80 bits per heavy atom. The summed E-state index contributed by atoms with van der Waals surface area (Å²) >= 11 is 6.09. The Hall–Kier alpha value is -3.17. The van der Waals surface area contributed by atoms with Crippen molar-refractivity contribution in [2.24, 2.45) is 5.92 Å². The molecule has 1 aliphatic carbocycles. The third-order valence-corrected chi connectivity index (χ3v) is 6.01. The van der Waals surface area contributed by atoms with Gasteiger partial charge in [-0.05, 0) is 30.5 Å². The highest BCUT2D eigenvalue weighted by Gasteiger charge is 2.58. The summed E-state index contributed by atoms with van der Waals surface area (Å²) in [7, 11) is 0. The van der Waals surface area contributed by atoms with Crippen LogP contribution in [-0.4, -0.2) is 20.4 Å². The molecule has 3 aromatic rings. The summed E-state index contributed by atoms with van der Waals surface area (Å²) in [5.74, 6) is 1.23. The van der Waals surface area contributed by atoms with Crippen LogP contribution in [0.4, 0.5) is 5.82 Å². The number of nitrogens with one attached hydrogen (secondary N) is 1. The topological polar surface area (TPSA) is 83.6 Å². The number of hydrogen-bond donors (Lipinski definition) is 1. The fourth-order valence-corrected chi connectivity index (χ4v) is 4.34. The zero-order valence-corrected chi connectivity index (χ0v) is 17.4. The monoisotopic (exact) mass is 419 g/mol. The SMILES string of the molecule is CCc1nc(Cl)cn1CCC1(c2ccccc2)CC1C(=O)Nc1ccc(C#N)cn1. The summed E-state index contributed by atoms with van der Waals surface area (Å²) in [6.07, 6.45) is 5.72. The van der Waals surface area contributed by atoms with Crippen molar-refractivity contribution in [1.29, 1.82) is 5.26 Å². The molecule has 1 N–H and O–H groups in total. The molecule has 7 heteroatoms. The number of nitriles is 1. The van der Waals surface area contributed by atoms with Gasteiger partial charge in [0.15, 0.2) is 0 Å². The first-order chi connectivity index (χ1) is 14.6. The largest absolute Gasteiger partial charge is 0.333 e. The summed E-state index contributed by atoms with van der Waals surface area (Å²) in [5, 5.41) is 12.3. The second kappa shape index (κ2) is 8.29. The van der Waals surface area contributed by atoms with Gasteiger partial charge in [0, 0.05) is 36.7 Å². The lowest BCUT2D eigenvalue weighted by Gasteiger charge is -2.19. The van der Waals surface area contributed by atoms with E-state index in [-0.39, 0.29) is 17.2 Å². The molecule has 0 radical (unpaired) electrons. The fraction of sp³-hybridized carbons (Fsp3) is 0.304. The zero-order valence-electron chi connectivity index (χ0n) is 16.7. The van der Waals surface area contributed by atoms with Gasteiger partial charge in [0.05, 0.1) is 5.56 Å². The number of anilines is 1. The highest BCUT2D eigenvalue weighted by molar-refractivity contribution is 6.29. The van der Waals surface area contributed by atoms with Crippen molar-refractivity contribution in [1.82, 2.24) is 14.5 Å². The highest BCUT2D eigenvalue weighted by Crippen LogP contribution is 2.57. The molecule has 2 heterocycles. The van der Waals surface area contributed by atoms with Gasteiger partial charge in [-0.2, -0.15) is 5.26 Å². The van der Waals surface area contributed by atoms with Gasteiger partial charge in [-0.15, -0.1) is 0 Å². The summed E-state index contributed by atoms with van der Waals surface area (Å²) in [6.45, 7) is 2.80. The van der Waals surface area contributed by atoms with Crippen LogP contribution in [0.1, 0.15) is 36.7 Å². The van der Waals surface area contributed by atoms with Crippen LogP contribution in [0.3, 0.4) is 0 Å². The van der Waals surface area contributed by atoms with E-state index in [1.165, 1.54) is 11.8 Å². The molecule has 0 saturated heterocycles. The van der Waals surface area contributed by atoms with E-state index in [0.717, 1.165) is 31.6 Å². The van der Waals surface area contributed by atoms with Crippen molar-refractivity contribution in [2.75, 3.05) is 5.32 Å². The molecular formula is C23H22ClN5O. The molecule has 0 spiro atoms. The Kier molecular flexibility index (Phi) is 5.56. The zero-order chi connectivity index (χ0) is 21.1. The summed E-state index contributed by atoms with van der Waals surface area (Å²) in [5.41, 5.74) is 1.41. The molecule has 4 rings (SSSR count). The molecule has 152 valence electrons. The Bertz CT molecular complexity index is 1090. The van der Waals surface area contributed by atoms with Crippen LogP contribution in [-0.2, 0) is 23.2 Å². The van der Waals surface area contributed by atoms with Crippen LogP contribution in [0.25, 0.3) is 0 Å². The van der Waals surface area contributed by atoms with Crippen LogP contribution in [0.2, 0.25) is 5.15 Å². The van der Waals surface area contributed by atoms with Crippen LogP contribution >= 0.6 is 11.6 Å². The summed E-state index contributed by atoms with van der Waals surface area (Å²) in [4.78, 5) is 21.5. The number of halogens is 1. The first-order valence-corrected chi connectivity index (χ1v) is 10.4. The molecule has 30 heavy (non-hydrogen) atoms. The van der Waals surface area contributed by atoms with Crippen LogP contribution in [0.15, 0.2) is 54.9 Å². The normalized spacial score (nSPS) is 19.8. The maximum Gasteiger partial charge on any atom is 0.229 e. The van der Waals surface area contributed by atoms with Crippen molar-refractivity contribution in [3.63, 3.8) is 0 Å². The molecule has 0 bridgehead atoms. The number of amides is 1. The minimum Gasteiger partial charge on any atom is -0.333 e. The maximum atomic E-state index is 13.0. The van der Waals surface area contributed by atoms with E-state index < -0.39 is 0 Å². The smallest absolute Gasteiger partial charge is 0.229 e. The number of aromatic nitrogens is 3. The van der Waals surface area contributed by atoms with E-state index in [2.05, 4.69) is 38.9 Å². The summed E-state index contributed by atoms with van der Waals surface area (Å²) < 4.78 is 2.09. The molecule has 2 aromatic heterocycles. The molecule has 1 fully saturated rings. The number of imidazole rings is 1. The Labute approximate surface area is 180 Å². The van der Waals surface area contributed by atoms with E-state index in [1.807, 2.05) is 30.5 Å². The predicted octanol–water partition coefficient (Wildman–Crippen LogP) is 4.35. The Morgan fingerprint density at radius 1 is 1.33 bits per heavy atom. The second-order valence-electron chi connectivity index (χ2n) is 7.59. The first-order valence-electron chi connectivity index (χ1n) is 10.00. The molecule has 1 aromatic carbocycles. The van der Waals surface area contributed by atoms with Crippen molar-refractivity contribution in [2.45, 2.75) is 38.1 Å². The minimum absolute atomic E-state index is 0.0459. The number of carbonyl (C=O) groups is 1. The lowest BCUT2D eigenvalue weighted by molar-refractivity contribution is -0.117. The molecule has 1 saturated carbocycles. The van der Waals surface area contributed by atoms with Crippen LogP contribution in [0.5, 0.6) is 0 Å². The number of carbonyl (C=O) groups excluding carboxylic acids is 1. The quantitative estimate of drug-likeness (QED) is 0.617. The average molecular weight is 420 g/mol. The van der Waals surface area contributed by atoms with Crippen molar-refractivity contribution >= 4 is 23.3 Å². The number of hydrogen-bond acceptors (Lipinski definition) is 4. The van der Waals surface area contributed by atoms with Gasteiger partial charge in [-0.3, -0.25) is 4.79 Å². The Morgan fingerprint density at radius 2 is 2.13 bits per heavy atom. The van der Waals surface area contributed by atoms with E-state index >= 15 is 0 Å². The number of aryl methyl sites for hydroxylation is 2. The van der Waals surface area contributed by atoms with Gasteiger partial charge in [0.25, 0.3) is 0 Å². The molecule has 1 amide bonds. The van der Waals surface area contributed by atoms with Gasteiger partial charge in [-0.25, -0.2) is 9.97 Å². The molecular weight excluding hydrogens is 398 g/mol. The third-order valence-electron chi connectivity index (χ3n) is 5.83. The third kappa shape index (κ3) is 3.94. The van der Waals surface area contributed by atoms with Crippen LogP contribution < -0.4 is 5.32 Å². The van der Waals surface area contributed by atoms with Gasteiger partial charge in [0.2, 0.25) is 5.91 Å². The van der Waals surface area contributed by atoms with Crippen molar-refractivity contribution in [3.05, 3.63) is 77.0 Å². The van der Waals surface area contributed by atoms with E-state index in [0.29, 0.717) is 16.5 Å².